The van der Waals surface area contributed by atoms with Crippen molar-refractivity contribution in [2.45, 2.75) is 12.8 Å². The number of esters is 1. The number of methoxy groups -OCH3 is 1. The van der Waals surface area contributed by atoms with Gasteiger partial charge in [0.05, 0.1) is 19.3 Å². The summed E-state index contributed by atoms with van der Waals surface area (Å²) in [5.74, 6) is 0.668. The van der Waals surface area contributed by atoms with Gasteiger partial charge in [-0.05, 0) is 24.1 Å². The zero-order valence-corrected chi connectivity index (χ0v) is 12.9. The SMILES string of the molecule is COC(=O)CCSCC(=O)NCCc1cccc(Cl)c1. The zero-order valence-electron chi connectivity index (χ0n) is 11.4. The minimum Gasteiger partial charge on any atom is -0.469 e. The molecular weight excluding hydrogens is 298 g/mol. The lowest BCUT2D eigenvalue weighted by atomic mass is 10.1. The summed E-state index contributed by atoms with van der Waals surface area (Å²) in [6.07, 6.45) is 1.08. The summed E-state index contributed by atoms with van der Waals surface area (Å²) in [4.78, 5) is 22.4. The number of hydrogen-bond acceptors (Lipinski definition) is 4. The molecule has 0 aliphatic heterocycles. The van der Waals surface area contributed by atoms with E-state index in [-0.39, 0.29) is 11.9 Å². The quantitative estimate of drug-likeness (QED) is 0.591. The van der Waals surface area contributed by atoms with Crippen molar-refractivity contribution in [2.24, 2.45) is 0 Å². The Kier molecular flexibility index (Phi) is 8.14. The molecule has 0 aliphatic rings. The van der Waals surface area contributed by atoms with Crippen LogP contribution in [0.4, 0.5) is 0 Å². The van der Waals surface area contributed by atoms with Crippen molar-refractivity contribution >= 4 is 35.2 Å². The Morgan fingerprint density at radius 1 is 1.40 bits per heavy atom. The molecule has 0 spiro atoms. The van der Waals surface area contributed by atoms with Gasteiger partial charge in [0.25, 0.3) is 0 Å². The van der Waals surface area contributed by atoms with E-state index in [1.807, 2.05) is 24.3 Å². The Morgan fingerprint density at radius 3 is 2.90 bits per heavy atom. The first-order valence-electron chi connectivity index (χ1n) is 6.27. The molecule has 0 radical (unpaired) electrons. The third-order valence-electron chi connectivity index (χ3n) is 2.54. The maximum Gasteiger partial charge on any atom is 0.306 e. The van der Waals surface area contributed by atoms with Crippen molar-refractivity contribution < 1.29 is 14.3 Å². The first kappa shape index (κ1) is 16.9. The average molecular weight is 316 g/mol. The summed E-state index contributed by atoms with van der Waals surface area (Å²) >= 11 is 7.30. The van der Waals surface area contributed by atoms with E-state index in [0.29, 0.717) is 29.5 Å². The number of amides is 1. The van der Waals surface area contributed by atoms with Crippen molar-refractivity contribution in [1.29, 1.82) is 0 Å². The number of ether oxygens (including phenoxy) is 1. The van der Waals surface area contributed by atoms with Crippen molar-refractivity contribution in [3.63, 3.8) is 0 Å². The lowest BCUT2D eigenvalue weighted by Gasteiger charge is -2.05. The lowest BCUT2D eigenvalue weighted by Crippen LogP contribution is -2.27. The number of thioether (sulfide) groups is 1. The highest BCUT2D eigenvalue weighted by Gasteiger charge is 2.04. The third-order valence-corrected chi connectivity index (χ3v) is 3.73. The van der Waals surface area contributed by atoms with Crippen LogP contribution in [-0.2, 0) is 20.7 Å². The van der Waals surface area contributed by atoms with Gasteiger partial charge in [0, 0.05) is 17.3 Å². The van der Waals surface area contributed by atoms with Crippen LogP contribution < -0.4 is 5.32 Å². The molecule has 4 nitrogen and oxygen atoms in total. The number of hydrogen-bond donors (Lipinski definition) is 1. The summed E-state index contributed by atoms with van der Waals surface area (Å²) in [5, 5.41) is 3.53. The van der Waals surface area contributed by atoms with Gasteiger partial charge >= 0.3 is 5.97 Å². The molecule has 1 aromatic carbocycles. The highest BCUT2D eigenvalue weighted by atomic mass is 35.5. The Balaban J connectivity index is 2.10. The number of carbonyl (C=O) groups is 2. The second kappa shape index (κ2) is 9.66. The van der Waals surface area contributed by atoms with E-state index in [9.17, 15) is 9.59 Å². The highest BCUT2D eigenvalue weighted by molar-refractivity contribution is 7.99. The largest absolute Gasteiger partial charge is 0.469 e. The molecule has 0 saturated heterocycles. The predicted octanol–water partition coefficient (Wildman–Crippen LogP) is 2.29. The Hall–Kier alpha value is -1.20. The van der Waals surface area contributed by atoms with E-state index < -0.39 is 0 Å². The van der Waals surface area contributed by atoms with Gasteiger partial charge in [0.2, 0.25) is 5.91 Å². The summed E-state index contributed by atoms with van der Waals surface area (Å²) in [6, 6.07) is 7.58. The molecule has 20 heavy (non-hydrogen) atoms. The first-order valence-corrected chi connectivity index (χ1v) is 7.81. The minimum absolute atomic E-state index is 0.0260. The highest BCUT2D eigenvalue weighted by Crippen LogP contribution is 2.10. The van der Waals surface area contributed by atoms with E-state index in [1.165, 1.54) is 18.9 Å². The molecule has 0 bridgehead atoms. The molecule has 110 valence electrons. The lowest BCUT2D eigenvalue weighted by molar-refractivity contribution is -0.140. The van der Waals surface area contributed by atoms with Crippen LogP contribution in [0.5, 0.6) is 0 Å². The fraction of sp³-hybridized carbons (Fsp3) is 0.429. The van der Waals surface area contributed by atoms with Gasteiger partial charge in [-0.2, -0.15) is 11.8 Å². The van der Waals surface area contributed by atoms with Crippen LogP contribution in [0.3, 0.4) is 0 Å². The fourth-order valence-corrected chi connectivity index (χ4v) is 2.47. The second-order valence-corrected chi connectivity index (χ2v) is 5.65. The summed E-state index contributed by atoms with van der Waals surface area (Å²) in [6.45, 7) is 0.580. The van der Waals surface area contributed by atoms with Crippen LogP contribution >= 0.6 is 23.4 Å². The van der Waals surface area contributed by atoms with Gasteiger partial charge in [0.1, 0.15) is 0 Å². The summed E-state index contributed by atoms with van der Waals surface area (Å²) in [5.41, 5.74) is 1.09. The molecule has 6 heteroatoms. The number of rotatable bonds is 8. The van der Waals surface area contributed by atoms with E-state index in [1.54, 1.807) is 0 Å². The van der Waals surface area contributed by atoms with E-state index >= 15 is 0 Å². The summed E-state index contributed by atoms with van der Waals surface area (Å²) in [7, 11) is 1.36. The fourth-order valence-electron chi connectivity index (χ4n) is 1.51. The van der Waals surface area contributed by atoms with Crippen LogP contribution in [0.2, 0.25) is 5.02 Å². The Labute approximate surface area is 128 Å². The first-order chi connectivity index (χ1) is 9.61. The van der Waals surface area contributed by atoms with Gasteiger partial charge < -0.3 is 10.1 Å². The van der Waals surface area contributed by atoms with Crippen LogP contribution in [0.1, 0.15) is 12.0 Å². The summed E-state index contributed by atoms with van der Waals surface area (Å²) < 4.78 is 4.52. The molecule has 0 heterocycles. The number of carbonyl (C=O) groups excluding carboxylic acids is 2. The molecule has 0 aromatic heterocycles. The van der Waals surface area contributed by atoms with Crippen LogP contribution in [0, 0.1) is 0 Å². The van der Waals surface area contributed by atoms with Crippen LogP contribution in [0.25, 0.3) is 0 Å². The predicted molar refractivity (Wildman–Crippen MR) is 82.1 cm³/mol. The van der Waals surface area contributed by atoms with Gasteiger partial charge in [-0.25, -0.2) is 0 Å². The van der Waals surface area contributed by atoms with E-state index in [2.05, 4.69) is 10.1 Å². The molecule has 1 aromatic rings. The topological polar surface area (TPSA) is 55.4 Å². The standard InChI is InChI=1S/C14H18ClNO3S/c1-19-14(18)6-8-20-10-13(17)16-7-5-11-3-2-4-12(15)9-11/h2-4,9H,5-8,10H2,1H3,(H,16,17). The maximum atomic E-state index is 11.5. The molecule has 0 fully saturated rings. The molecule has 0 saturated carbocycles. The number of nitrogens with one attached hydrogen (secondary N) is 1. The van der Waals surface area contributed by atoms with Crippen molar-refractivity contribution in [3.8, 4) is 0 Å². The zero-order chi connectivity index (χ0) is 14.8. The van der Waals surface area contributed by atoms with E-state index in [0.717, 1.165) is 12.0 Å². The van der Waals surface area contributed by atoms with Crippen LogP contribution in [-0.4, -0.2) is 37.0 Å². The molecule has 1 rings (SSSR count). The molecule has 1 amide bonds. The molecule has 0 aliphatic carbocycles. The monoisotopic (exact) mass is 315 g/mol. The second-order valence-electron chi connectivity index (χ2n) is 4.11. The van der Waals surface area contributed by atoms with Crippen LogP contribution in [0.15, 0.2) is 24.3 Å². The normalized spacial score (nSPS) is 10.1. The minimum atomic E-state index is -0.251. The molecule has 0 atom stereocenters. The smallest absolute Gasteiger partial charge is 0.306 e. The molecular formula is C14H18ClNO3S. The molecule has 1 N–H and O–H groups in total. The molecule has 0 unspecified atom stereocenters. The Morgan fingerprint density at radius 2 is 2.20 bits per heavy atom. The third kappa shape index (κ3) is 7.40. The average Bonchev–Trinajstić information content (AvgIpc) is 2.43. The maximum absolute atomic E-state index is 11.5. The van der Waals surface area contributed by atoms with Gasteiger partial charge in [-0.3, -0.25) is 9.59 Å². The number of halogens is 1. The number of benzene rings is 1. The van der Waals surface area contributed by atoms with E-state index in [4.69, 9.17) is 11.6 Å². The van der Waals surface area contributed by atoms with Gasteiger partial charge in [-0.1, -0.05) is 23.7 Å². The van der Waals surface area contributed by atoms with Crippen molar-refractivity contribution in [1.82, 2.24) is 5.32 Å². The Bertz CT molecular complexity index is 454. The van der Waals surface area contributed by atoms with Crippen molar-refractivity contribution in [2.75, 3.05) is 25.2 Å². The van der Waals surface area contributed by atoms with Crippen molar-refractivity contribution in [3.05, 3.63) is 34.9 Å². The van der Waals surface area contributed by atoms with Gasteiger partial charge in [0.15, 0.2) is 0 Å². The van der Waals surface area contributed by atoms with Gasteiger partial charge in [-0.15, -0.1) is 0 Å².